The lowest BCUT2D eigenvalue weighted by molar-refractivity contribution is 0.0696. The maximum atomic E-state index is 13.7. The molecule has 2 aromatic rings. The van der Waals surface area contributed by atoms with Crippen LogP contribution in [-0.4, -0.2) is 20.3 Å². The minimum atomic E-state index is -1.73. The quantitative estimate of drug-likeness (QED) is 0.942. The number of hydrogen-bond acceptors (Lipinski definition) is 3. The van der Waals surface area contributed by atoms with Crippen LogP contribution in [0.5, 0.6) is 0 Å². The van der Waals surface area contributed by atoms with Crippen molar-refractivity contribution in [3.05, 3.63) is 58.6 Å². The van der Waals surface area contributed by atoms with Crippen molar-refractivity contribution in [2.45, 2.75) is 10.6 Å². The number of aromatic carboxylic acids is 1. The van der Waals surface area contributed by atoms with E-state index < -0.39 is 22.6 Å². The third-order valence-electron chi connectivity index (χ3n) is 2.57. The van der Waals surface area contributed by atoms with Gasteiger partial charge in [-0.25, -0.2) is 9.18 Å². The van der Waals surface area contributed by atoms with Crippen molar-refractivity contribution < 1.29 is 18.5 Å². The summed E-state index contributed by atoms with van der Waals surface area (Å²) in [6, 6.07) is 4.77. The zero-order valence-electron chi connectivity index (χ0n) is 10.0. The van der Waals surface area contributed by atoms with E-state index in [9.17, 15) is 13.4 Å². The van der Waals surface area contributed by atoms with Gasteiger partial charge in [-0.2, -0.15) is 0 Å². The molecule has 0 bridgehead atoms. The van der Waals surface area contributed by atoms with Gasteiger partial charge in [0, 0.05) is 12.4 Å². The number of rotatable bonds is 4. The van der Waals surface area contributed by atoms with Crippen molar-refractivity contribution in [2.24, 2.45) is 0 Å². The predicted molar refractivity (Wildman–Crippen MR) is 72.7 cm³/mol. The second kappa shape index (κ2) is 6.11. The minimum absolute atomic E-state index is 0.0126. The number of carbonyl (C=O) groups is 1. The number of carboxylic acid groups (broad SMARTS) is 1. The van der Waals surface area contributed by atoms with Gasteiger partial charge in [0.2, 0.25) is 0 Å². The van der Waals surface area contributed by atoms with E-state index in [0.717, 1.165) is 18.2 Å². The van der Waals surface area contributed by atoms with E-state index >= 15 is 0 Å². The Morgan fingerprint density at radius 2 is 2.15 bits per heavy atom. The molecule has 0 radical (unpaired) electrons. The van der Waals surface area contributed by atoms with E-state index in [4.69, 9.17) is 16.7 Å². The molecule has 0 fully saturated rings. The fraction of sp³-hybridized carbons (Fsp3) is 0.0769. The van der Waals surface area contributed by atoms with Crippen molar-refractivity contribution in [3.63, 3.8) is 0 Å². The number of nitrogens with zero attached hydrogens (tertiary/aromatic N) is 1. The highest BCUT2D eigenvalue weighted by atomic mass is 35.5. The molecule has 2 rings (SSSR count). The van der Waals surface area contributed by atoms with Gasteiger partial charge in [0.15, 0.2) is 0 Å². The summed E-state index contributed by atoms with van der Waals surface area (Å²) < 4.78 is 25.8. The zero-order valence-corrected chi connectivity index (χ0v) is 11.6. The molecule has 104 valence electrons. The monoisotopic (exact) mass is 313 g/mol. The fourth-order valence-electron chi connectivity index (χ4n) is 1.55. The lowest BCUT2D eigenvalue weighted by Gasteiger charge is -2.06. The summed E-state index contributed by atoms with van der Waals surface area (Å²) in [5.74, 6) is -1.93. The molecule has 4 nitrogen and oxygen atoms in total. The Bertz CT molecular complexity index is 693. The summed E-state index contributed by atoms with van der Waals surface area (Å²) in [5, 5.41) is 9.19. The van der Waals surface area contributed by atoms with Gasteiger partial charge in [0.1, 0.15) is 5.82 Å². The number of hydrogen-bond donors (Lipinski definition) is 1. The molecule has 0 amide bonds. The van der Waals surface area contributed by atoms with Crippen molar-refractivity contribution >= 4 is 28.4 Å². The Hall–Kier alpha value is -1.79. The SMILES string of the molecule is O=C(O)c1ccc(F)c(S(=O)Cc2ccncc2Cl)c1. The van der Waals surface area contributed by atoms with E-state index in [0.29, 0.717) is 10.6 Å². The molecule has 0 aliphatic rings. The molecule has 20 heavy (non-hydrogen) atoms. The van der Waals surface area contributed by atoms with E-state index in [-0.39, 0.29) is 16.2 Å². The first-order chi connectivity index (χ1) is 9.49. The fourth-order valence-corrected chi connectivity index (χ4v) is 3.05. The highest BCUT2D eigenvalue weighted by Crippen LogP contribution is 2.21. The van der Waals surface area contributed by atoms with E-state index in [1.165, 1.54) is 12.4 Å². The third-order valence-corrected chi connectivity index (χ3v) is 4.28. The molecule has 0 spiro atoms. The van der Waals surface area contributed by atoms with Crippen molar-refractivity contribution in [1.82, 2.24) is 4.98 Å². The normalized spacial score (nSPS) is 12.1. The maximum absolute atomic E-state index is 13.7. The first-order valence-corrected chi connectivity index (χ1v) is 7.18. The molecule has 1 aromatic heterocycles. The highest BCUT2D eigenvalue weighted by molar-refractivity contribution is 7.84. The van der Waals surface area contributed by atoms with Gasteiger partial charge >= 0.3 is 5.97 Å². The average molecular weight is 314 g/mol. The van der Waals surface area contributed by atoms with Gasteiger partial charge in [0.05, 0.1) is 32.0 Å². The third kappa shape index (κ3) is 3.20. The summed E-state index contributed by atoms with van der Waals surface area (Å²) >= 11 is 5.89. The van der Waals surface area contributed by atoms with Crippen molar-refractivity contribution in [3.8, 4) is 0 Å². The van der Waals surface area contributed by atoms with Crippen LogP contribution in [0, 0.1) is 5.82 Å². The highest BCUT2D eigenvalue weighted by Gasteiger charge is 2.15. The minimum Gasteiger partial charge on any atom is -0.478 e. The van der Waals surface area contributed by atoms with E-state index in [1.807, 2.05) is 0 Å². The number of halogens is 2. The smallest absolute Gasteiger partial charge is 0.335 e. The van der Waals surface area contributed by atoms with E-state index in [1.54, 1.807) is 6.07 Å². The van der Waals surface area contributed by atoms with Crippen LogP contribution in [0.4, 0.5) is 4.39 Å². The summed E-state index contributed by atoms with van der Waals surface area (Å²) in [4.78, 5) is 14.5. The summed E-state index contributed by atoms with van der Waals surface area (Å²) in [7, 11) is -1.73. The van der Waals surface area contributed by atoms with E-state index in [2.05, 4.69) is 4.98 Å². The molecular formula is C13H9ClFNO3S. The zero-order chi connectivity index (χ0) is 14.7. The molecule has 1 unspecified atom stereocenters. The maximum Gasteiger partial charge on any atom is 0.335 e. The van der Waals surface area contributed by atoms with Crippen molar-refractivity contribution in [1.29, 1.82) is 0 Å². The van der Waals surface area contributed by atoms with Crippen LogP contribution in [0.25, 0.3) is 0 Å². The summed E-state index contributed by atoms with van der Waals surface area (Å²) in [5.41, 5.74) is 0.440. The van der Waals surface area contributed by atoms with Gasteiger partial charge in [-0.1, -0.05) is 11.6 Å². The lowest BCUT2D eigenvalue weighted by Crippen LogP contribution is -2.04. The van der Waals surface area contributed by atoms with Crippen LogP contribution < -0.4 is 0 Å². The van der Waals surface area contributed by atoms with Crippen molar-refractivity contribution in [2.75, 3.05) is 0 Å². The van der Waals surface area contributed by atoms with Crippen LogP contribution in [0.15, 0.2) is 41.6 Å². The molecule has 0 saturated carbocycles. The molecule has 1 N–H and O–H groups in total. The molecule has 0 aliphatic heterocycles. The Morgan fingerprint density at radius 3 is 2.80 bits per heavy atom. The Morgan fingerprint density at radius 1 is 1.40 bits per heavy atom. The van der Waals surface area contributed by atoms with Gasteiger partial charge in [0.25, 0.3) is 0 Å². The second-order valence-electron chi connectivity index (χ2n) is 3.91. The standard InChI is InChI=1S/C13H9ClFNO3S/c14-10-6-16-4-3-9(10)7-20(19)12-5-8(13(17)18)1-2-11(12)15/h1-6H,7H2,(H,17,18). The van der Waals surface area contributed by atoms with Gasteiger partial charge in [-0.15, -0.1) is 0 Å². The predicted octanol–water partition coefficient (Wildman–Crippen LogP) is 2.88. The van der Waals surface area contributed by atoms with Gasteiger partial charge < -0.3 is 5.11 Å². The second-order valence-corrected chi connectivity index (χ2v) is 5.73. The first-order valence-electron chi connectivity index (χ1n) is 5.48. The molecule has 0 saturated heterocycles. The summed E-state index contributed by atoms with van der Waals surface area (Å²) in [6.45, 7) is 0. The van der Waals surface area contributed by atoms with Crippen LogP contribution in [-0.2, 0) is 16.6 Å². The summed E-state index contributed by atoms with van der Waals surface area (Å²) in [6.07, 6.45) is 2.89. The molecular weight excluding hydrogens is 305 g/mol. The van der Waals surface area contributed by atoms with Gasteiger partial charge in [-0.05, 0) is 29.8 Å². The molecule has 1 aromatic carbocycles. The Balaban J connectivity index is 2.32. The van der Waals surface area contributed by atoms with Crippen LogP contribution >= 0.6 is 11.6 Å². The lowest BCUT2D eigenvalue weighted by atomic mass is 10.2. The Labute approximate surface area is 121 Å². The number of benzene rings is 1. The Kier molecular flexibility index (Phi) is 4.46. The van der Waals surface area contributed by atoms with Gasteiger partial charge in [-0.3, -0.25) is 9.19 Å². The topological polar surface area (TPSA) is 67.3 Å². The largest absolute Gasteiger partial charge is 0.478 e. The molecule has 7 heteroatoms. The van der Waals surface area contributed by atoms with Crippen LogP contribution in [0.3, 0.4) is 0 Å². The number of pyridine rings is 1. The van der Waals surface area contributed by atoms with Crippen LogP contribution in [0.1, 0.15) is 15.9 Å². The number of carboxylic acids is 1. The molecule has 1 heterocycles. The first kappa shape index (κ1) is 14.6. The average Bonchev–Trinajstić information content (AvgIpc) is 2.41. The number of aromatic nitrogens is 1. The molecule has 1 atom stereocenters. The van der Waals surface area contributed by atoms with Crippen LogP contribution in [0.2, 0.25) is 5.02 Å². The molecule has 0 aliphatic carbocycles.